The molecule has 3 rings (SSSR count). The third-order valence-electron chi connectivity index (χ3n) is 2.86. The van der Waals surface area contributed by atoms with Gasteiger partial charge in [-0.2, -0.15) is 0 Å². The molecule has 0 radical (unpaired) electrons. The summed E-state index contributed by atoms with van der Waals surface area (Å²) in [4.78, 5) is 27.5. The van der Waals surface area contributed by atoms with E-state index < -0.39 is 0 Å². The Bertz CT molecular complexity index is 845. The predicted molar refractivity (Wildman–Crippen MR) is 79.9 cm³/mol. The average Bonchev–Trinajstić information content (AvgIpc) is 2.85. The smallest absolute Gasteiger partial charge is 0.298 e. The van der Waals surface area contributed by atoms with Gasteiger partial charge in [-0.05, 0) is 29.1 Å². The van der Waals surface area contributed by atoms with Crippen LogP contribution in [0.2, 0.25) is 0 Å². The Morgan fingerprint density at radius 3 is 2.63 bits per heavy atom. The monoisotopic (exact) mass is 336 g/mol. The Kier molecular flexibility index (Phi) is 3.12. The molecule has 0 fully saturated rings. The molecule has 0 aliphatic carbocycles. The quantitative estimate of drug-likeness (QED) is 0.781. The number of fused-ring (bicyclic) bond motifs is 1. The Morgan fingerprint density at radius 2 is 1.89 bits per heavy atom. The van der Waals surface area contributed by atoms with E-state index in [9.17, 15) is 9.59 Å². The zero-order valence-corrected chi connectivity index (χ0v) is 12.1. The minimum Gasteiger partial charge on any atom is -0.298 e. The molecule has 0 bridgehead atoms. The first-order valence-corrected chi connectivity index (χ1v) is 7.27. The van der Waals surface area contributed by atoms with Crippen LogP contribution in [-0.2, 0) is 6.54 Å². The molecule has 3 aromatic rings. The second-order valence-corrected chi connectivity index (χ2v) is 5.94. The number of rotatable bonds is 2. The minimum atomic E-state index is -0.372. The van der Waals surface area contributed by atoms with E-state index in [1.807, 2.05) is 24.3 Å². The minimum absolute atomic E-state index is 0.247. The number of aromatic nitrogens is 2. The van der Waals surface area contributed by atoms with E-state index in [2.05, 4.69) is 20.9 Å². The lowest BCUT2D eigenvalue weighted by molar-refractivity contribution is 0.713. The first-order chi connectivity index (χ1) is 9.15. The fourth-order valence-corrected chi connectivity index (χ4v) is 2.93. The Labute approximate surface area is 120 Å². The lowest BCUT2D eigenvalue weighted by Crippen LogP contribution is -2.34. The van der Waals surface area contributed by atoms with Crippen LogP contribution >= 0.6 is 27.3 Å². The van der Waals surface area contributed by atoms with Gasteiger partial charge >= 0.3 is 5.69 Å². The summed E-state index contributed by atoms with van der Waals surface area (Å²) in [6.45, 7) is 0.271. The van der Waals surface area contributed by atoms with Gasteiger partial charge in [0.15, 0.2) is 0 Å². The first kappa shape index (κ1) is 12.4. The average molecular weight is 337 g/mol. The van der Waals surface area contributed by atoms with Crippen molar-refractivity contribution in [3.8, 4) is 0 Å². The highest BCUT2D eigenvalue weighted by Crippen LogP contribution is 2.13. The number of nitrogens with zero attached hydrogens (tertiary/aromatic N) is 1. The predicted octanol–water partition coefficient (Wildman–Crippen LogP) is 2.56. The van der Waals surface area contributed by atoms with E-state index >= 15 is 0 Å². The molecule has 19 heavy (non-hydrogen) atoms. The number of aromatic amines is 1. The number of H-pyrrole nitrogens is 1. The zero-order chi connectivity index (χ0) is 13.4. The van der Waals surface area contributed by atoms with Gasteiger partial charge < -0.3 is 0 Å². The van der Waals surface area contributed by atoms with Gasteiger partial charge in [-0.25, -0.2) is 4.79 Å². The van der Waals surface area contributed by atoms with E-state index in [0.29, 0.717) is 10.2 Å². The fourth-order valence-electron chi connectivity index (χ4n) is 1.89. The van der Waals surface area contributed by atoms with Crippen LogP contribution in [0.3, 0.4) is 0 Å². The second-order valence-electron chi connectivity index (χ2n) is 4.11. The molecule has 0 unspecified atom stereocenters. The highest BCUT2D eigenvalue weighted by molar-refractivity contribution is 9.10. The van der Waals surface area contributed by atoms with Crippen molar-refractivity contribution in [1.29, 1.82) is 0 Å². The molecule has 2 heterocycles. The lowest BCUT2D eigenvalue weighted by Gasteiger charge is -2.05. The third kappa shape index (κ3) is 2.29. The van der Waals surface area contributed by atoms with Gasteiger partial charge in [-0.3, -0.25) is 14.3 Å². The normalized spacial score (nSPS) is 11.0. The molecular weight excluding hydrogens is 328 g/mol. The molecule has 0 aliphatic rings. The second kappa shape index (κ2) is 4.79. The van der Waals surface area contributed by atoms with Crippen LogP contribution in [0.25, 0.3) is 10.2 Å². The molecule has 0 saturated heterocycles. The molecule has 4 nitrogen and oxygen atoms in total. The van der Waals surface area contributed by atoms with Crippen LogP contribution in [0.4, 0.5) is 0 Å². The van der Waals surface area contributed by atoms with Crippen LogP contribution in [0, 0.1) is 0 Å². The third-order valence-corrected chi connectivity index (χ3v) is 4.22. The summed E-state index contributed by atoms with van der Waals surface area (Å²) < 4.78 is 2.18. The standard InChI is InChI=1S/C13H9BrN2O2S/c14-9-3-1-8(2-4-9)7-16-12(17)10-5-6-19-11(10)15-13(16)18/h1-6H,7H2,(H,15,18). The van der Waals surface area contributed by atoms with Crippen molar-refractivity contribution in [2.24, 2.45) is 0 Å². The summed E-state index contributed by atoms with van der Waals surface area (Å²) in [6.07, 6.45) is 0. The maximum atomic E-state index is 12.2. The van der Waals surface area contributed by atoms with Crippen LogP contribution in [0.1, 0.15) is 5.56 Å². The van der Waals surface area contributed by atoms with Crippen molar-refractivity contribution in [2.75, 3.05) is 0 Å². The molecule has 0 spiro atoms. The van der Waals surface area contributed by atoms with Gasteiger partial charge in [-0.15, -0.1) is 11.3 Å². The van der Waals surface area contributed by atoms with Crippen LogP contribution < -0.4 is 11.2 Å². The molecule has 0 aliphatic heterocycles. The van der Waals surface area contributed by atoms with Crippen molar-refractivity contribution < 1.29 is 0 Å². The lowest BCUT2D eigenvalue weighted by atomic mass is 10.2. The molecule has 1 N–H and O–H groups in total. The van der Waals surface area contributed by atoms with E-state index in [1.54, 1.807) is 11.4 Å². The summed E-state index contributed by atoms with van der Waals surface area (Å²) in [5, 5.41) is 2.35. The Balaban J connectivity index is 2.12. The largest absolute Gasteiger partial charge is 0.329 e. The van der Waals surface area contributed by atoms with Gasteiger partial charge in [0.05, 0.1) is 11.9 Å². The van der Waals surface area contributed by atoms with E-state index in [0.717, 1.165) is 10.0 Å². The topological polar surface area (TPSA) is 54.9 Å². The zero-order valence-electron chi connectivity index (χ0n) is 9.72. The summed E-state index contributed by atoms with van der Waals surface area (Å²) in [7, 11) is 0. The van der Waals surface area contributed by atoms with Crippen molar-refractivity contribution in [3.05, 3.63) is 66.6 Å². The summed E-state index contributed by atoms with van der Waals surface area (Å²) >= 11 is 4.71. The fraction of sp³-hybridized carbons (Fsp3) is 0.0769. The van der Waals surface area contributed by atoms with Gasteiger partial charge in [0.25, 0.3) is 5.56 Å². The maximum Gasteiger partial charge on any atom is 0.329 e. The number of thiophene rings is 1. The van der Waals surface area contributed by atoms with E-state index in [1.165, 1.54) is 15.9 Å². The number of halogens is 1. The molecule has 2 aromatic heterocycles. The summed E-state index contributed by atoms with van der Waals surface area (Å²) in [6, 6.07) is 9.27. The number of hydrogen-bond acceptors (Lipinski definition) is 3. The van der Waals surface area contributed by atoms with E-state index in [-0.39, 0.29) is 17.8 Å². The van der Waals surface area contributed by atoms with Crippen LogP contribution in [0.5, 0.6) is 0 Å². The highest BCUT2D eigenvalue weighted by Gasteiger charge is 2.08. The van der Waals surface area contributed by atoms with Crippen molar-refractivity contribution in [2.45, 2.75) is 6.54 Å². The van der Waals surface area contributed by atoms with Crippen LogP contribution in [0.15, 0.2) is 49.8 Å². The molecule has 0 atom stereocenters. The number of benzene rings is 1. The van der Waals surface area contributed by atoms with Crippen molar-refractivity contribution in [3.63, 3.8) is 0 Å². The Morgan fingerprint density at radius 1 is 1.16 bits per heavy atom. The van der Waals surface area contributed by atoms with Gasteiger partial charge in [0.2, 0.25) is 0 Å². The summed E-state index contributed by atoms with van der Waals surface area (Å²) in [5.74, 6) is 0. The summed E-state index contributed by atoms with van der Waals surface area (Å²) in [5.41, 5.74) is 0.288. The SMILES string of the molecule is O=c1[nH]c2sccc2c(=O)n1Cc1ccc(Br)cc1. The molecular formula is C13H9BrN2O2S. The Hall–Kier alpha value is -1.66. The maximum absolute atomic E-state index is 12.2. The van der Waals surface area contributed by atoms with Gasteiger partial charge in [-0.1, -0.05) is 28.1 Å². The first-order valence-electron chi connectivity index (χ1n) is 5.60. The molecule has 0 amide bonds. The van der Waals surface area contributed by atoms with Crippen LogP contribution in [-0.4, -0.2) is 9.55 Å². The van der Waals surface area contributed by atoms with E-state index in [4.69, 9.17) is 0 Å². The number of nitrogens with one attached hydrogen (secondary N) is 1. The highest BCUT2D eigenvalue weighted by atomic mass is 79.9. The molecule has 6 heteroatoms. The van der Waals surface area contributed by atoms with Gasteiger partial charge in [0.1, 0.15) is 4.83 Å². The number of hydrogen-bond donors (Lipinski definition) is 1. The van der Waals surface area contributed by atoms with Gasteiger partial charge in [0, 0.05) is 4.47 Å². The molecule has 96 valence electrons. The van der Waals surface area contributed by atoms with Crippen molar-refractivity contribution in [1.82, 2.24) is 9.55 Å². The molecule has 0 saturated carbocycles. The molecule has 1 aromatic carbocycles. The van der Waals surface area contributed by atoms with Crippen molar-refractivity contribution >= 4 is 37.5 Å².